The lowest BCUT2D eigenvalue weighted by Crippen LogP contribution is -2.35. The van der Waals surface area contributed by atoms with Crippen LogP contribution in [-0.2, 0) is 11.3 Å². The van der Waals surface area contributed by atoms with Gasteiger partial charge in [-0.15, -0.1) is 11.3 Å². The van der Waals surface area contributed by atoms with Crippen molar-refractivity contribution in [2.24, 2.45) is 0 Å². The molecule has 10 heteroatoms. The number of carbonyl (C=O) groups excluding carboxylic acids is 1. The smallest absolute Gasteiger partial charge is 0.261 e. The number of hydrogen-bond donors (Lipinski definition) is 1. The summed E-state index contributed by atoms with van der Waals surface area (Å²) in [5.41, 5.74) is 0. The fourth-order valence-corrected chi connectivity index (χ4v) is 3.18. The summed E-state index contributed by atoms with van der Waals surface area (Å²) in [6.45, 7) is 1.95. The van der Waals surface area contributed by atoms with Crippen molar-refractivity contribution in [2.45, 2.75) is 19.6 Å². The maximum atomic E-state index is 13.7. The molecule has 0 fully saturated rings. The Morgan fingerprint density at radius 1 is 1.21 bits per heavy atom. The summed E-state index contributed by atoms with van der Waals surface area (Å²) in [4.78, 5) is 20.7. The molecule has 3 rings (SSSR count). The molecule has 1 amide bonds. The van der Waals surface area contributed by atoms with E-state index in [1.165, 1.54) is 17.5 Å². The summed E-state index contributed by atoms with van der Waals surface area (Å²) >= 11 is 12.7. The highest BCUT2D eigenvalue weighted by atomic mass is 35.5. The van der Waals surface area contributed by atoms with E-state index in [2.05, 4.69) is 15.3 Å². The number of nitrogens with zero attached hydrogens (tertiary/aromatic N) is 2. The summed E-state index contributed by atoms with van der Waals surface area (Å²) in [6, 6.07) is 7.48. The Bertz CT molecular complexity index is 969. The number of amides is 1. The molecule has 1 unspecified atom stereocenters. The Kier molecular flexibility index (Phi) is 6.66. The number of ether oxygens (including phenoxy) is 2. The van der Waals surface area contributed by atoms with E-state index in [-0.39, 0.29) is 16.8 Å². The van der Waals surface area contributed by atoms with Gasteiger partial charge in [0.1, 0.15) is 11.5 Å². The number of thiazole rings is 1. The van der Waals surface area contributed by atoms with Gasteiger partial charge in [0.25, 0.3) is 11.8 Å². The fraction of sp³-hybridized carbons (Fsp3) is 0.167. The molecule has 0 spiro atoms. The number of halogens is 3. The Morgan fingerprint density at radius 2 is 1.93 bits per heavy atom. The topological polar surface area (TPSA) is 73.3 Å². The van der Waals surface area contributed by atoms with Crippen LogP contribution in [0.5, 0.6) is 17.4 Å². The molecule has 1 N–H and O–H groups in total. The molecule has 28 heavy (non-hydrogen) atoms. The highest BCUT2D eigenvalue weighted by Gasteiger charge is 2.15. The van der Waals surface area contributed by atoms with Crippen LogP contribution < -0.4 is 14.8 Å². The van der Waals surface area contributed by atoms with Gasteiger partial charge in [0.15, 0.2) is 16.4 Å². The third-order valence-electron chi connectivity index (χ3n) is 3.46. The molecule has 146 valence electrons. The molecule has 3 aromatic rings. The highest BCUT2D eigenvalue weighted by Crippen LogP contribution is 2.26. The molecule has 2 heterocycles. The van der Waals surface area contributed by atoms with E-state index in [9.17, 15) is 9.18 Å². The number of nitrogens with one attached hydrogen (secondary N) is 1. The van der Waals surface area contributed by atoms with Crippen LogP contribution in [0, 0.1) is 5.82 Å². The normalized spacial score (nSPS) is 11.7. The van der Waals surface area contributed by atoms with Crippen molar-refractivity contribution in [3.05, 3.63) is 62.9 Å². The summed E-state index contributed by atoms with van der Waals surface area (Å²) in [6.07, 6.45) is 2.18. The van der Waals surface area contributed by atoms with Crippen molar-refractivity contribution in [3.63, 3.8) is 0 Å². The predicted octanol–water partition coefficient (Wildman–Crippen LogP) is 4.86. The number of benzene rings is 1. The third kappa shape index (κ3) is 5.54. The van der Waals surface area contributed by atoms with Gasteiger partial charge in [0.2, 0.25) is 0 Å². The van der Waals surface area contributed by atoms with Crippen molar-refractivity contribution in [2.75, 3.05) is 0 Å². The maximum absolute atomic E-state index is 13.7. The van der Waals surface area contributed by atoms with E-state index in [0.717, 1.165) is 10.9 Å². The number of rotatable bonds is 7. The molecule has 0 radical (unpaired) electrons. The second-order valence-corrected chi connectivity index (χ2v) is 7.71. The molecule has 0 saturated carbocycles. The molecule has 0 aliphatic carbocycles. The van der Waals surface area contributed by atoms with Gasteiger partial charge in [-0.25, -0.2) is 14.4 Å². The van der Waals surface area contributed by atoms with Crippen molar-refractivity contribution in [1.82, 2.24) is 15.3 Å². The van der Waals surface area contributed by atoms with Crippen molar-refractivity contribution in [1.29, 1.82) is 0 Å². The van der Waals surface area contributed by atoms with E-state index >= 15 is 0 Å². The number of pyridine rings is 1. The molecule has 2 aromatic heterocycles. The Labute approximate surface area is 174 Å². The van der Waals surface area contributed by atoms with Gasteiger partial charge in [0, 0.05) is 17.3 Å². The second-order valence-electron chi connectivity index (χ2n) is 5.57. The van der Waals surface area contributed by atoms with Gasteiger partial charge in [-0.05, 0) is 37.3 Å². The second kappa shape index (κ2) is 9.18. The van der Waals surface area contributed by atoms with E-state index in [1.807, 2.05) is 0 Å². The van der Waals surface area contributed by atoms with E-state index in [1.54, 1.807) is 37.4 Å². The Balaban J connectivity index is 1.53. The van der Waals surface area contributed by atoms with Gasteiger partial charge < -0.3 is 14.8 Å². The summed E-state index contributed by atoms with van der Waals surface area (Å²) in [5, 5.41) is 2.93. The Hall–Kier alpha value is -2.42. The summed E-state index contributed by atoms with van der Waals surface area (Å²) < 4.78 is 25.1. The lowest BCUT2D eigenvalue weighted by atomic mass is 10.3. The zero-order valence-electron chi connectivity index (χ0n) is 14.5. The summed E-state index contributed by atoms with van der Waals surface area (Å²) in [7, 11) is 0. The summed E-state index contributed by atoms with van der Waals surface area (Å²) in [5.74, 6) is -0.313. The van der Waals surface area contributed by atoms with Crippen molar-refractivity contribution < 1.29 is 18.7 Å². The van der Waals surface area contributed by atoms with Crippen LogP contribution in [0.25, 0.3) is 0 Å². The van der Waals surface area contributed by atoms with Crippen LogP contribution >= 0.6 is 34.5 Å². The van der Waals surface area contributed by atoms with Crippen molar-refractivity contribution >= 4 is 40.4 Å². The minimum Gasteiger partial charge on any atom is -0.481 e. The minimum atomic E-state index is -0.717. The molecule has 1 atom stereocenters. The van der Waals surface area contributed by atoms with Crippen LogP contribution in [-0.4, -0.2) is 22.0 Å². The quantitative estimate of drug-likeness (QED) is 0.566. The first kappa shape index (κ1) is 20.3. The van der Waals surface area contributed by atoms with Crippen LogP contribution in [0.3, 0.4) is 0 Å². The standard InChI is InChI=1S/C18H14Cl2FN3O3S/c1-10(16(25)22-8-14-9-24-18(20)28-14)26-12-2-4-13(5-3-12)27-17-15(21)6-11(19)7-23-17/h2-7,9-10H,8H2,1H3,(H,22,25). The molecule has 0 aliphatic heterocycles. The third-order valence-corrected chi connectivity index (χ3v) is 4.78. The van der Waals surface area contributed by atoms with Crippen LogP contribution in [0.2, 0.25) is 9.49 Å². The first-order chi connectivity index (χ1) is 13.4. The molecule has 6 nitrogen and oxygen atoms in total. The number of aromatic nitrogens is 2. The fourth-order valence-electron chi connectivity index (χ4n) is 2.12. The number of carbonyl (C=O) groups is 1. The largest absolute Gasteiger partial charge is 0.481 e. The molecular weight excluding hydrogens is 428 g/mol. The lowest BCUT2D eigenvalue weighted by molar-refractivity contribution is -0.127. The van der Waals surface area contributed by atoms with Crippen LogP contribution in [0.15, 0.2) is 42.7 Å². The monoisotopic (exact) mass is 441 g/mol. The zero-order chi connectivity index (χ0) is 20.1. The van der Waals surface area contributed by atoms with Crippen LogP contribution in [0.1, 0.15) is 11.8 Å². The molecule has 1 aromatic carbocycles. The zero-order valence-corrected chi connectivity index (χ0v) is 16.8. The van der Waals surface area contributed by atoms with Crippen LogP contribution in [0.4, 0.5) is 4.39 Å². The number of hydrogen-bond acceptors (Lipinski definition) is 6. The highest BCUT2D eigenvalue weighted by molar-refractivity contribution is 7.15. The lowest BCUT2D eigenvalue weighted by Gasteiger charge is -2.14. The SMILES string of the molecule is CC(Oc1ccc(Oc2ncc(Cl)cc2F)cc1)C(=O)NCc1cnc(Cl)s1. The van der Waals surface area contributed by atoms with Gasteiger partial charge in [0.05, 0.1) is 11.6 Å². The van der Waals surface area contributed by atoms with Gasteiger partial charge in [-0.1, -0.05) is 23.2 Å². The van der Waals surface area contributed by atoms with Gasteiger partial charge in [-0.2, -0.15) is 0 Å². The van der Waals surface area contributed by atoms with Gasteiger partial charge >= 0.3 is 0 Å². The average Bonchev–Trinajstić information content (AvgIpc) is 3.08. The molecule has 0 aliphatic rings. The molecular formula is C18H14Cl2FN3O3S. The molecule has 0 bridgehead atoms. The Morgan fingerprint density at radius 3 is 2.57 bits per heavy atom. The predicted molar refractivity (Wildman–Crippen MR) is 105 cm³/mol. The van der Waals surface area contributed by atoms with Crippen molar-refractivity contribution in [3.8, 4) is 17.4 Å². The maximum Gasteiger partial charge on any atom is 0.261 e. The van der Waals surface area contributed by atoms with Gasteiger partial charge in [-0.3, -0.25) is 4.79 Å². The van der Waals surface area contributed by atoms with E-state index < -0.39 is 11.9 Å². The molecule has 0 saturated heterocycles. The minimum absolute atomic E-state index is 0.180. The first-order valence-electron chi connectivity index (χ1n) is 8.04. The first-order valence-corrected chi connectivity index (χ1v) is 9.61. The average molecular weight is 442 g/mol. The van der Waals surface area contributed by atoms with E-state index in [4.69, 9.17) is 32.7 Å². The van der Waals surface area contributed by atoms with E-state index in [0.29, 0.717) is 22.5 Å².